The second-order valence-electron chi connectivity index (χ2n) is 3.60. The highest BCUT2D eigenvalue weighted by Gasteiger charge is 2.34. The minimum absolute atomic E-state index is 0.352. The van der Waals surface area contributed by atoms with Crippen LogP contribution in [0.15, 0.2) is 4.99 Å². The van der Waals surface area contributed by atoms with Gasteiger partial charge in [-0.15, -0.1) is 0 Å². The van der Waals surface area contributed by atoms with Crippen LogP contribution in [0, 0.1) is 0 Å². The van der Waals surface area contributed by atoms with Gasteiger partial charge in [-0.25, -0.2) is 0 Å². The van der Waals surface area contributed by atoms with Crippen LogP contribution in [0.25, 0.3) is 0 Å². The van der Waals surface area contributed by atoms with Gasteiger partial charge >= 0.3 is 0 Å². The van der Waals surface area contributed by atoms with Crippen LogP contribution in [0.1, 0.15) is 19.8 Å². The summed E-state index contributed by atoms with van der Waals surface area (Å²) < 4.78 is 5.65. The molecule has 0 saturated carbocycles. The predicted octanol–water partition coefficient (Wildman–Crippen LogP) is 0.184. The van der Waals surface area contributed by atoms with Crippen LogP contribution in [0.5, 0.6) is 0 Å². The van der Waals surface area contributed by atoms with Crippen LogP contribution >= 0.6 is 0 Å². The van der Waals surface area contributed by atoms with E-state index >= 15 is 0 Å². The van der Waals surface area contributed by atoms with Gasteiger partial charge in [-0.3, -0.25) is 4.99 Å². The van der Waals surface area contributed by atoms with Crippen molar-refractivity contribution in [1.29, 1.82) is 0 Å². The predicted molar refractivity (Wildman–Crippen MR) is 51.6 cm³/mol. The molecular weight excluding hydrogens is 166 g/mol. The standard InChI is InChI=1S/C9H17N3O/c1-2-12-7(6-11-9(12)10)8-4-3-5-13-8/h7-8H,2-6H2,1H3,(H2,10,11). The van der Waals surface area contributed by atoms with Crippen molar-refractivity contribution < 1.29 is 4.74 Å². The van der Waals surface area contributed by atoms with E-state index in [2.05, 4.69) is 16.8 Å². The topological polar surface area (TPSA) is 50.8 Å². The third-order valence-electron chi connectivity index (χ3n) is 2.87. The first kappa shape index (κ1) is 8.81. The number of hydrogen-bond donors (Lipinski definition) is 1. The van der Waals surface area contributed by atoms with Crippen molar-refractivity contribution in [3.05, 3.63) is 0 Å². The van der Waals surface area contributed by atoms with Crippen molar-refractivity contribution in [3.8, 4) is 0 Å². The van der Waals surface area contributed by atoms with Crippen molar-refractivity contribution in [2.45, 2.75) is 31.9 Å². The lowest BCUT2D eigenvalue weighted by molar-refractivity contribution is 0.0586. The average molecular weight is 183 g/mol. The molecule has 2 aliphatic heterocycles. The summed E-state index contributed by atoms with van der Waals surface area (Å²) in [5.41, 5.74) is 5.77. The molecule has 2 aliphatic rings. The molecule has 0 aromatic rings. The quantitative estimate of drug-likeness (QED) is 0.664. The Bertz CT molecular complexity index is 211. The Morgan fingerprint density at radius 1 is 1.69 bits per heavy atom. The summed E-state index contributed by atoms with van der Waals surface area (Å²) in [6.07, 6.45) is 2.69. The van der Waals surface area contributed by atoms with Gasteiger partial charge in [-0.05, 0) is 19.8 Å². The molecule has 1 saturated heterocycles. The molecule has 0 bridgehead atoms. The monoisotopic (exact) mass is 183 g/mol. The van der Waals surface area contributed by atoms with E-state index in [9.17, 15) is 0 Å². The van der Waals surface area contributed by atoms with Crippen LogP contribution in [0.2, 0.25) is 0 Å². The van der Waals surface area contributed by atoms with Gasteiger partial charge < -0.3 is 15.4 Å². The Morgan fingerprint density at radius 3 is 3.15 bits per heavy atom. The normalized spacial score (nSPS) is 33.9. The molecule has 0 radical (unpaired) electrons. The van der Waals surface area contributed by atoms with Gasteiger partial charge in [0.1, 0.15) is 0 Å². The van der Waals surface area contributed by atoms with E-state index in [0.29, 0.717) is 18.1 Å². The van der Waals surface area contributed by atoms with E-state index in [1.54, 1.807) is 0 Å². The summed E-state index contributed by atoms with van der Waals surface area (Å²) >= 11 is 0. The number of hydrogen-bond acceptors (Lipinski definition) is 4. The molecule has 4 heteroatoms. The molecule has 0 amide bonds. The molecule has 13 heavy (non-hydrogen) atoms. The summed E-state index contributed by atoms with van der Waals surface area (Å²) in [5.74, 6) is 0.683. The molecule has 2 heterocycles. The Labute approximate surface area is 78.8 Å². The Kier molecular flexibility index (Phi) is 2.40. The lowest BCUT2D eigenvalue weighted by Crippen LogP contribution is -2.46. The first-order valence-corrected chi connectivity index (χ1v) is 5.01. The number of nitrogens with two attached hydrogens (primary N) is 1. The fourth-order valence-corrected chi connectivity index (χ4v) is 2.17. The lowest BCUT2D eigenvalue weighted by atomic mass is 10.1. The average Bonchev–Trinajstić information content (AvgIpc) is 2.71. The number of guanidine groups is 1. The van der Waals surface area contributed by atoms with Crippen molar-refractivity contribution in [1.82, 2.24) is 4.90 Å². The highest BCUT2D eigenvalue weighted by molar-refractivity contribution is 5.80. The van der Waals surface area contributed by atoms with Gasteiger partial charge in [-0.2, -0.15) is 0 Å². The molecule has 0 aromatic heterocycles. The second kappa shape index (κ2) is 3.54. The first-order chi connectivity index (χ1) is 6.33. The zero-order valence-corrected chi connectivity index (χ0v) is 8.07. The fraction of sp³-hybridized carbons (Fsp3) is 0.889. The summed E-state index contributed by atoms with van der Waals surface area (Å²) in [5, 5.41) is 0. The van der Waals surface area contributed by atoms with Crippen LogP contribution in [-0.2, 0) is 4.74 Å². The van der Waals surface area contributed by atoms with Crippen LogP contribution in [0.3, 0.4) is 0 Å². The minimum Gasteiger partial charge on any atom is -0.376 e. The van der Waals surface area contributed by atoms with Crippen LogP contribution in [-0.4, -0.2) is 42.7 Å². The zero-order chi connectivity index (χ0) is 9.26. The summed E-state index contributed by atoms with van der Waals surface area (Å²) in [6, 6.07) is 0.396. The molecular formula is C9H17N3O. The Hall–Kier alpha value is -0.770. The number of likely N-dealkylation sites (N-methyl/N-ethyl adjacent to an activating group) is 1. The van der Waals surface area contributed by atoms with Crippen LogP contribution < -0.4 is 5.73 Å². The smallest absolute Gasteiger partial charge is 0.191 e. The molecule has 0 aliphatic carbocycles. The summed E-state index contributed by atoms with van der Waals surface area (Å²) in [4.78, 5) is 6.40. The van der Waals surface area contributed by atoms with Crippen LogP contribution in [0.4, 0.5) is 0 Å². The lowest BCUT2D eigenvalue weighted by Gasteiger charge is -2.28. The summed E-state index contributed by atoms with van der Waals surface area (Å²) in [7, 11) is 0. The van der Waals surface area contributed by atoms with E-state index in [4.69, 9.17) is 10.5 Å². The molecule has 2 rings (SSSR count). The zero-order valence-electron chi connectivity index (χ0n) is 8.07. The molecule has 1 fully saturated rings. The maximum atomic E-state index is 5.77. The molecule has 4 nitrogen and oxygen atoms in total. The molecule has 2 N–H and O–H groups in total. The van der Waals surface area contributed by atoms with Crippen molar-refractivity contribution in [2.75, 3.05) is 19.7 Å². The van der Waals surface area contributed by atoms with Gasteiger partial charge in [0, 0.05) is 13.2 Å². The third kappa shape index (κ3) is 1.50. The number of aliphatic imine (C=N–C) groups is 1. The molecule has 0 spiro atoms. The first-order valence-electron chi connectivity index (χ1n) is 5.01. The van der Waals surface area contributed by atoms with E-state index in [1.165, 1.54) is 6.42 Å². The van der Waals surface area contributed by atoms with Gasteiger partial charge in [0.2, 0.25) is 0 Å². The molecule has 2 atom stereocenters. The molecule has 74 valence electrons. The van der Waals surface area contributed by atoms with E-state index in [1.807, 2.05) is 0 Å². The second-order valence-corrected chi connectivity index (χ2v) is 3.60. The van der Waals surface area contributed by atoms with E-state index in [-0.39, 0.29) is 0 Å². The SMILES string of the molecule is CCN1C(N)=NCC1C1CCCO1. The van der Waals surface area contributed by atoms with Gasteiger partial charge in [-0.1, -0.05) is 0 Å². The van der Waals surface area contributed by atoms with Gasteiger partial charge in [0.05, 0.1) is 18.7 Å². The van der Waals surface area contributed by atoms with Gasteiger partial charge in [0.25, 0.3) is 0 Å². The fourth-order valence-electron chi connectivity index (χ4n) is 2.17. The Morgan fingerprint density at radius 2 is 2.54 bits per heavy atom. The number of rotatable bonds is 2. The third-order valence-corrected chi connectivity index (χ3v) is 2.87. The maximum absolute atomic E-state index is 5.77. The highest BCUT2D eigenvalue weighted by Crippen LogP contribution is 2.22. The molecule has 2 unspecified atom stereocenters. The van der Waals surface area contributed by atoms with Crippen molar-refractivity contribution >= 4 is 5.96 Å². The number of ether oxygens (including phenoxy) is 1. The summed E-state index contributed by atoms with van der Waals surface area (Å²) in [6.45, 7) is 4.75. The largest absolute Gasteiger partial charge is 0.376 e. The minimum atomic E-state index is 0.352. The van der Waals surface area contributed by atoms with E-state index < -0.39 is 0 Å². The van der Waals surface area contributed by atoms with Crippen molar-refractivity contribution in [3.63, 3.8) is 0 Å². The highest BCUT2D eigenvalue weighted by atomic mass is 16.5. The van der Waals surface area contributed by atoms with E-state index in [0.717, 1.165) is 26.1 Å². The number of nitrogens with zero attached hydrogens (tertiary/aromatic N) is 2. The Balaban J connectivity index is 2.00. The maximum Gasteiger partial charge on any atom is 0.191 e. The van der Waals surface area contributed by atoms with Gasteiger partial charge in [0.15, 0.2) is 5.96 Å². The molecule has 0 aromatic carbocycles. The van der Waals surface area contributed by atoms with Crippen molar-refractivity contribution in [2.24, 2.45) is 10.7 Å².